The summed E-state index contributed by atoms with van der Waals surface area (Å²) in [7, 11) is 1.75. The highest BCUT2D eigenvalue weighted by Gasteiger charge is 2.40. The van der Waals surface area contributed by atoms with E-state index in [1.165, 1.54) is 10.5 Å². The van der Waals surface area contributed by atoms with Crippen molar-refractivity contribution in [3.8, 4) is 0 Å². The van der Waals surface area contributed by atoms with Crippen molar-refractivity contribution in [1.82, 2.24) is 0 Å². The van der Waals surface area contributed by atoms with Gasteiger partial charge in [-0.2, -0.15) is 0 Å². The van der Waals surface area contributed by atoms with E-state index in [1.54, 1.807) is 7.11 Å². The molecule has 0 aliphatic carbocycles. The number of ether oxygens (including phenoxy) is 2. The minimum Gasteiger partial charge on any atom is -0.375 e. The standard InChI is InChI=1S/C12H16O2S/c1-3-15-11-6-4-10(5-7-11)12(13-2)8-14-9-12/h4-7H,3,8-9H2,1-2H3. The van der Waals surface area contributed by atoms with Crippen LogP contribution in [0, 0.1) is 0 Å². The zero-order chi connectivity index (χ0) is 10.7. The van der Waals surface area contributed by atoms with Crippen LogP contribution in [-0.2, 0) is 15.1 Å². The van der Waals surface area contributed by atoms with Crippen molar-refractivity contribution >= 4 is 11.8 Å². The highest BCUT2D eigenvalue weighted by molar-refractivity contribution is 7.99. The van der Waals surface area contributed by atoms with E-state index in [4.69, 9.17) is 9.47 Å². The molecule has 1 aliphatic rings. The van der Waals surface area contributed by atoms with E-state index in [9.17, 15) is 0 Å². The summed E-state index contributed by atoms with van der Waals surface area (Å²) < 4.78 is 10.8. The molecule has 2 nitrogen and oxygen atoms in total. The summed E-state index contributed by atoms with van der Waals surface area (Å²) in [6.45, 7) is 3.50. The lowest BCUT2D eigenvalue weighted by Gasteiger charge is -2.40. The van der Waals surface area contributed by atoms with Crippen LogP contribution in [0.3, 0.4) is 0 Å². The predicted molar refractivity (Wildman–Crippen MR) is 62.3 cm³/mol. The number of thioether (sulfide) groups is 1. The van der Waals surface area contributed by atoms with Gasteiger partial charge in [0.2, 0.25) is 0 Å². The second-order valence-corrected chi connectivity index (χ2v) is 4.99. The molecule has 2 rings (SSSR count). The summed E-state index contributed by atoms with van der Waals surface area (Å²) in [4.78, 5) is 1.31. The van der Waals surface area contributed by atoms with Gasteiger partial charge in [0.1, 0.15) is 5.60 Å². The summed E-state index contributed by atoms with van der Waals surface area (Å²) in [5, 5.41) is 0. The van der Waals surface area contributed by atoms with Crippen molar-refractivity contribution in [2.75, 3.05) is 26.1 Å². The molecule has 0 N–H and O–H groups in total. The molecule has 0 unspecified atom stereocenters. The first kappa shape index (κ1) is 11.0. The maximum atomic E-state index is 5.53. The topological polar surface area (TPSA) is 18.5 Å². The van der Waals surface area contributed by atoms with E-state index in [-0.39, 0.29) is 5.60 Å². The normalized spacial score (nSPS) is 18.5. The molecule has 1 aliphatic heterocycles. The van der Waals surface area contributed by atoms with Crippen molar-refractivity contribution in [3.63, 3.8) is 0 Å². The highest BCUT2D eigenvalue weighted by atomic mass is 32.2. The highest BCUT2D eigenvalue weighted by Crippen LogP contribution is 2.33. The molecule has 0 aromatic heterocycles. The maximum absolute atomic E-state index is 5.53. The molecule has 82 valence electrons. The predicted octanol–water partition coefficient (Wildman–Crippen LogP) is 2.67. The Kier molecular flexibility index (Phi) is 3.34. The average molecular weight is 224 g/mol. The van der Waals surface area contributed by atoms with E-state index < -0.39 is 0 Å². The molecule has 0 radical (unpaired) electrons. The van der Waals surface area contributed by atoms with E-state index in [1.807, 2.05) is 11.8 Å². The second-order valence-electron chi connectivity index (χ2n) is 3.65. The Morgan fingerprint density at radius 1 is 1.33 bits per heavy atom. The van der Waals surface area contributed by atoms with Crippen LogP contribution in [0.5, 0.6) is 0 Å². The molecular formula is C12H16O2S. The lowest BCUT2D eigenvalue weighted by molar-refractivity contribution is -0.202. The van der Waals surface area contributed by atoms with Gasteiger partial charge in [-0.15, -0.1) is 11.8 Å². The molecule has 0 saturated carbocycles. The van der Waals surface area contributed by atoms with Crippen LogP contribution in [0.4, 0.5) is 0 Å². The monoisotopic (exact) mass is 224 g/mol. The molecule has 0 spiro atoms. The molecule has 0 amide bonds. The maximum Gasteiger partial charge on any atom is 0.139 e. The van der Waals surface area contributed by atoms with Gasteiger partial charge in [0.15, 0.2) is 0 Å². The summed E-state index contributed by atoms with van der Waals surface area (Å²) in [5.74, 6) is 1.11. The van der Waals surface area contributed by atoms with Crippen LogP contribution in [0.1, 0.15) is 12.5 Å². The minimum atomic E-state index is -0.185. The number of hydrogen-bond acceptors (Lipinski definition) is 3. The van der Waals surface area contributed by atoms with Crippen LogP contribution < -0.4 is 0 Å². The summed E-state index contributed by atoms with van der Waals surface area (Å²) >= 11 is 1.86. The van der Waals surface area contributed by atoms with Crippen molar-refractivity contribution in [2.24, 2.45) is 0 Å². The Labute approximate surface area is 95.0 Å². The smallest absolute Gasteiger partial charge is 0.139 e. The molecule has 3 heteroatoms. The molecular weight excluding hydrogens is 208 g/mol. The van der Waals surface area contributed by atoms with Crippen LogP contribution in [0.15, 0.2) is 29.2 Å². The van der Waals surface area contributed by atoms with Crippen LogP contribution in [0.2, 0.25) is 0 Å². The number of hydrogen-bond donors (Lipinski definition) is 0. The van der Waals surface area contributed by atoms with Gasteiger partial charge < -0.3 is 9.47 Å². The fourth-order valence-corrected chi connectivity index (χ4v) is 2.37. The van der Waals surface area contributed by atoms with Gasteiger partial charge in [0.25, 0.3) is 0 Å². The Bertz CT molecular complexity index is 311. The van der Waals surface area contributed by atoms with Gasteiger partial charge in [-0.05, 0) is 23.4 Å². The van der Waals surface area contributed by atoms with E-state index in [2.05, 4.69) is 31.2 Å². The first-order valence-corrected chi connectivity index (χ1v) is 6.15. The van der Waals surface area contributed by atoms with Gasteiger partial charge in [-0.1, -0.05) is 19.1 Å². The summed E-state index contributed by atoms with van der Waals surface area (Å²) in [6, 6.07) is 8.60. The van der Waals surface area contributed by atoms with Crippen molar-refractivity contribution in [3.05, 3.63) is 29.8 Å². The number of benzene rings is 1. The van der Waals surface area contributed by atoms with Crippen LogP contribution >= 0.6 is 11.8 Å². The van der Waals surface area contributed by atoms with E-state index in [0.29, 0.717) is 13.2 Å². The summed E-state index contributed by atoms with van der Waals surface area (Å²) in [6.07, 6.45) is 0. The largest absolute Gasteiger partial charge is 0.375 e. The van der Waals surface area contributed by atoms with Gasteiger partial charge in [0.05, 0.1) is 13.2 Å². The van der Waals surface area contributed by atoms with E-state index in [0.717, 1.165) is 5.75 Å². The average Bonchev–Trinajstić information content (AvgIpc) is 2.20. The fraction of sp³-hybridized carbons (Fsp3) is 0.500. The SMILES string of the molecule is CCSc1ccc(C2(OC)COC2)cc1. The molecule has 1 heterocycles. The van der Waals surface area contributed by atoms with Crippen molar-refractivity contribution in [2.45, 2.75) is 17.4 Å². The van der Waals surface area contributed by atoms with Gasteiger partial charge in [-0.3, -0.25) is 0 Å². The lowest BCUT2D eigenvalue weighted by Crippen LogP contribution is -2.48. The second kappa shape index (κ2) is 4.56. The van der Waals surface area contributed by atoms with Crippen LogP contribution in [-0.4, -0.2) is 26.1 Å². The fourth-order valence-electron chi connectivity index (χ4n) is 1.71. The third kappa shape index (κ3) is 2.05. The van der Waals surface area contributed by atoms with Gasteiger partial charge in [0, 0.05) is 12.0 Å². The van der Waals surface area contributed by atoms with E-state index >= 15 is 0 Å². The lowest BCUT2D eigenvalue weighted by atomic mass is 9.92. The molecule has 0 atom stereocenters. The first-order valence-electron chi connectivity index (χ1n) is 5.17. The molecule has 1 aromatic rings. The first-order chi connectivity index (χ1) is 7.30. The molecule has 1 fully saturated rings. The number of rotatable bonds is 4. The quantitative estimate of drug-likeness (QED) is 0.733. The Balaban J connectivity index is 2.15. The third-order valence-electron chi connectivity index (χ3n) is 2.75. The minimum absolute atomic E-state index is 0.185. The molecule has 15 heavy (non-hydrogen) atoms. The Morgan fingerprint density at radius 2 is 2.00 bits per heavy atom. The molecule has 1 saturated heterocycles. The van der Waals surface area contributed by atoms with Gasteiger partial charge in [-0.25, -0.2) is 0 Å². The zero-order valence-electron chi connectivity index (χ0n) is 9.16. The van der Waals surface area contributed by atoms with Crippen LogP contribution in [0.25, 0.3) is 0 Å². The van der Waals surface area contributed by atoms with Crippen molar-refractivity contribution in [1.29, 1.82) is 0 Å². The molecule has 0 bridgehead atoms. The number of methoxy groups -OCH3 is 1. The van der Waals surface area contributed by atoms with Crippen molar-refractivity contribution < 1.29 is 9.47 Å². The van der Waals surface area contributed by atoms with Gasteiger partial charge >= 0.3 is 0 Å². The Morgan fingerprint density at radius 3 is 2.40 bits per heavy atom. The Hall–Kier alpha value is -0.510. The summed E-state index contributed by atoms with van der Waals surface area (Å²) in [5.41, 5.74) is 1.03. The third-order valence-corrected chi connectivity index (χ3v) is 3.65. The molecule has 1 aromatic carbocycles. The zero-order valence-corrected chi connectivity index (χ0v) is 9.97.